The van der Waals surface area contributed by atoms with Crippen molar-refractivity contribution in [2.45, 2.75) is 19.1 Å². The summed E-state index contributed by atoms with van der Waals surface area (Å²) in [6, 6.07) is 4.34. The average molecular weight is 246 g/mol. The van der Waals surface area contributed by atoms with Crippen molar-refractivity contribution < 1.29 is 15.1 Å². The number of halogens is 1. The molecule has 0 radical (unpaired) electrons. The van der Waals surface area contributed by atoms with Crippen LogP contribution in [0.2, 0.25) is 0 Å². The molecule has 2 unspecified atom stereocenters. The van der Waals surface area contributed by atoms with E-state index in [1.54, 1.807) is 0 Å². The maximum atomic E-state index is 10.7. The van der Waals surface area contributed by atoms with Crippen LogP contribution in [0.4, 0.5) is 5.69 Å². The van der Waals surface area contributed by atoms with E-state index in [9.17, 15) is 20.3 Å². The summed E-state index contributed by atoms with van der Waals surface area (Å²) in [5.41, 5.74) is 0.574. The first-order valence-electron chi connectivity index (χ1n) is 4.65. The van der Waals surface area contributed by atoms with Crippen LogP contribution < -0.4 is 0 Å². The molecule has 0 saturated heterocycles. The van der Waals surface area contributed by atoms with Crippen LogP contribution in [0.15, 0.2) is 18.2 Å². The average Bonchev–Trinajstić information content (AvgIpc) is 2.27. The minimum absolute atomic E-state index is 0.0849. The lowest BCUT2D eigenvalue weighted by atomic mass is 9.99. The summed E-state index contributed by atoms with van der Waals surface area (Å²) in [7, 11) is 0. The van der Waals surface area contributed by atoms with Gasteiger partial charge in [0.15, 0.2) is 0 Å². The zero-order valence-electron chi connectivity index (χ0n) is 8.63. The molecule has 0 amide bonds. The van der Waals surface area contributed by atoms with Gasteiger partial charge in [-0.1, -0.05) is 12.1 Å². The largest absolute Gasteiger partial charge is 0.389 e. The summed E-state index contributed by atoms with van der Waals surface area (Å²) in [5, 5.41) is 29.8. The Morgan fingerprint density at radius 2 is 2.12 bits per heavy atom. The molecule has 0 spiro atoms. The van der Waals surface area contributed by atoms with Crippen molar-refractivity contribution in [3.63, 3.8) is 0 Å². The molecule has 1 aromatic rings. The van der Waals surface area contributed by atoms with Crippen molar-refractivity contribution in [3.8, 4) is 0 Å². The van der Waals surface area contributed by atoms with Crippen molar-refractivity contribution in [3.05, 3.63) is 39.4 Å². The molecule has 5 nitrogen and oxygen atoms in total. The number of hydrogen-bond donors (Lipinski definition) is 2. The number of aliphatic hydroxyl groups excluding tert-OH is 2. The Kier molecular flexibility index (Phi) is 4.23. The van der Waals surface area contributed by atoms with Crippen LogP contribution in [0.5, 0.6) is 0 Å². The standard InChI is InChI=1S/C10H12ClNO4/c1-6-7(10(14)9(13)5-11)3-2-4-8(6)12(15)16/h2-4,9-10,13-14H,5H2,1H3. The molecule has 0 fully saturated rings. The highest BCUT2D eigenvalue weighted by Crippen LogP contribution is 2.27. The zero-order valence-corrected chi connectivity index (χ0v) is 9.39. The quantitative estimate of drug-likeness (QED) is 0.479. The number of benzene rings is 1. The maximum Gasteiger partial charge on any atom is 0.272 e. The van der Waals surface area contributed by atoms with Crippen LogP contribution in [0.1, 0.15) is 17.2 Å². The summed E-state index contributed by atoms with van der Waals surface area (Å²) < 4.78 is 0. The second kappa shape index (κ2) is 5.25. The van der Waals surface area contributed by atoms with Gasteiger partial charge in [0.1, 0.15) is 6.10 Å². The monoisotopic (exact) mass is 245 g/mol. The highest BCUT2D eigenvalue weighted by Gasteiger charge is 2.23. The molecule has 1 aromatic carbocycles. The van der Waals surface area contributed by atoms with E-state index in [-0.39, 0.29) is 11.6 Å². The normalized spacial score (nSPS) is 14.5. The van der Waals surface area contributed by atoms with E-state index < -0.39 is 17.1 Å². The molecule has 0 heterocycles. The lowest BCUT2D eigenvalue weighted by Crippen LogP contribution is -2.20. The molecule has 0 aliphatic rings. The van der Waals surface area contributed by atoms with Crippen LogP contribution >= 0.6 is 11.6 Å². The van der Waals surface area contributed by atoms with Crippen molar-refractivity contribution in [1.29, 1.82) is 0 Å². The van der Waals surface area contributed by atoms with Gasteiger partial charge in [-0.3, -0.25) is 10.1 Å². The number of nitro groups is 1. The van der Waals surface area contributed by atoms with Crippen LogP contribution in [0, 0.1) is 17.0 Å². The van der Waals surface area contributed by atoms with E-state index in [0.29, 0.717) is 11.1 Å². The third kappa shape index (κ3) is 2.49. The number of hydrogen-bond acceptors (Lipinski definition) is 4. The van der Waals surface area contributed by atoms with E-state index in [4.69, 9.17) is 11.6 Å². The van der Waals surface area contributed by atoms with Crippen LogP contribution in [-0.4, -0.2) is 27.1 Å². The summed E-state index contributed by atoms with van der Waals surface area (Å²) in [6.07, 6.45) is -2.35. The topological polar surface area (TPSA) is 83.6 Å². The predicted octanol–water partition coefficient (Wildman–Crippen LogP) is 1.54. The lowest BCUT2D eigenvalue weighted by Gasteiger charge is -2.17. The van der Waals surface area contributed by atoms with Gasteiger partial charge in [0, 0.05) is 11.6 Å². The maximum absolute atomic E-state index is 10.7. The van der Waals surface area contributed by atoms with Crippen molar-refractivity contribution in [2.24, 2.45) is 0 Å². The van der Waals surface area contributed by atoms with Gasteiger partial charge in [-0.15, -0.1) is 11.6 Å². The van der Waals surface area contributed by atoms with Gasteiger partial charge >= 0.3 is 0 Å². The fraction of sp³-hybridized carbons (Fsp3) is 0.400. The first kappa shape index (κ1) is 12.9. The number of rotatable bonds is 4. The van der Waals surface area contributed by atoms with Gasteiger partial charge in [-0.2, -0.15) is 0 Å². The highest BCUT2D eigenvalue weighted by atomic mass is 35.5. The molecule has 0 aliphatic heterocycles. The van der Waals surface area contributed by atoms with Crippen molar-refractivity contribution >= 4 is 17.3 Å². The first-order chi connectivity index (χ1) is 7.49. The third-order valence-electron chi connectivity index (χ3n) is 2.38. The Bertz CT molecular complexity index is 396. The van der Waals surface area contributed by atoms with Gasteiger partial charge in [0.2, 0.25) is 0 Å². The smallest absolute Gasteiger partial charge is 0.272 e. The molecule has 0 saturated carbocycles. The molecule has 16 heavy (non-hydrogen) atoms. The molecule has 6 heteroatoms. The summed E-state index contributed by atoms with van der Waals surface area (Å²) in [4.78, 5) is 10.1. The van der Waals surface area contributed by atoms with Crippen molar-refractivity contribution in [2.75, 3.05) is 5.88 Å². The molecule has 1 rings (SSSR count). The molecular weight excluding hydrogens is 234 g/mol. The molecule has 0 aromatic heterocycles. The fourth-order valence-corrected chi connectivity index (χ4v) is 1.62. The van der Waals surface area contributed by atoms with E-state index in [1.807, 2.05) is 0 Å². The molecule has 2 N–H and O–H groups in total. The van der Waals surface area contributed by atoms with Gasteiger partial charge in [-0.05, 0) is 12.5 Å². The van der Waals surface area contributed by atoms with Crippen molar-refractivity contribution in [1.82, 2.24) is 0 Å². The number of alkyl halides is 1. The molecular formula is C10H12ClNO4. The lowest BCUT2D eigenvalue weighted by molar-refractivity contribution is -0.385. The zero-order chi connectivity index (χ0) is 12.3. The van der Waals surface area contributed by atoms with E-state index in [0.717, 1.165) is 0 Å². The highest BCUT2D eigenvalue weighted by molar-refractivity contribution is 6.18. The Morgan fingerprint density at radius 1 is 1.50 bits per heavy atom. The number of nitrogens with zero attached hydrogens (tertiary/aromatic N) is 1. The Morgan fingerprint density at radius 3 is 2.62 bits per heavy atom. The summed E-state index contributed by atoms with van der Waals surface area (Å²) in [6.45, 7) is 1.53. The Balaban J connectivity index is 3.15. The fourth-order valence-electron chi connectivity index (χ4n) is 1.45. The Labute approximate surface area is 97.4 Å². The SMILES string of the molecule is Cc1c(C(O)C(O)CCl)cccc1[N+](=O)[O-]. The van der Waals surface area contributed by atoms with Gasteiger partial charge in [0.05, 0.1) is 16.9 Å². The minimum atomic E-state index is -1.21. The minimum Gasteiger partial charge on any atom is -0.389 e. The second-order valence-electron chi connectivity index (χ2n) is 3.41. The van der Waals surface area contributed by atoms with Gasteiger partial charge in [-0.25, -0.2) is 0 Å². The molecule has 88 valence electrons. The second-order valence-corrected chi connectivity index (χ2v) is 3.72. The predicted molar refractivity (Wildman–Crippen MR) is 59.5 cm³/mol. The summed E-state index contributed by atoms with van der Waals surface area (Å²) in [5.74, 6) is -0.136. The molecule has 0 bridgehead atoms. The van der Waals surface area contributed by atoms with E-state index in [2.05, 4.69) is 0 Å². The Hall–Kier alpha value is -1.17. The number of nitro benzene ring substituents is 1. The third-order valence-corrected chi connectivity index (χ3v) is 2.70. The van der Waals surface area contributed by atoms with Crippen LogP contribution in [-0.2, 0) is 0 Å². The van der Waals surface area contributed by atoms with Gasteiger partial charge in [0.25, 0.3) is 5.69 Å². The summed E-state index contributed by atoms with van der Waals surface area (Å²) >= 11 is 5.41. The van der Waals surface area contributed by atoms with Crippen LogP contribution in [0.25, 0.3) is 0 Å². The van der Waals surface area contributed by atoms with E-state index in [1.165, 1.54) is 25.1 Å². The molecule has 0 aliphatic carbocycles. The molecule has 2 atom stereocenters. The van der Waals surface area contributed by atoms with Gasteiger partial charge < -0.3 is 10.2 Å². The first-order valence-corrected chi connectivity index (χ1v) is 5.18. The van der Waals surface area contributed by atoms with Crippen LogP contribution in [0.3, 0.4) is 0 Å². The number of aliphatic hydroxyl groups is 2. The van der Waals surface area contributed by atoms with E-state index >= 15 is 0 Å².